The van der Waals surface area contributed by atoms with E-state index in [0.717, 1.165) is 12.8 Å². The molecule has 0 bridgehead atoms. The lowest BCUT2D eigenvalue weighted by Crippen LogP contribution is -2.58. The number of carboxylic acids is 3. The van der Waals surface area contributed by atoms with Crippen LogP contribution in [0.2, 0.25) is 0 Å². The van der Waals surface area contributed by atoms with Crippen molar-refractivity contribution in [3.05, 3.63) is 12.2 Å². The van der Waals surface area contributed by atoms with Crippen molar-refractivity contribution in [3.63, 3.8) is 0 Å². The lowest BCUT2D eigenvalue weighted by molar-refractivity contribution is -0.934. The van der Waals surface area contributed by atoms with Crippen LogP contribution in [0.25, 0.3) is 0 Å². The van der Waals surface area contributed by atoms with Gasteiger partial charge in [0.1, 0.15) is 11.8 Å². The summed E-state index contributed by atoms with van der Waals surface area (Å²) >= 11 is 0. The summed E-state index contributed by atoms with van der Waals surface area (Å²) in [5.41, 5.74) is 0. The van der Waals surface area contributed by atoms with Gasteiger partial charge in [0.25, 0.3) is 0 Å². The zero-order valence-corrected chi connectivity index (χ0v) is 20.6. The van der Waals surface area contributed by atoms with Crippen LogP contribution in [-0.2, 0) is 14.4 Å². The van der Waals surface area contributed by atoms with E-state index in [2.05, 4.69) is 19.1 Å². The van der Waals surface area contributed by atoms with Crippen LogP contribution in [0.15, 0.2) is 12.2 Å². The Bertz CT molecular complexity index is 534. The van der Waals surface area contributed by atoms with Crippen LogP contribution in [0.1, 0.15) is 85.5 Å². The van der Waals surface area contributed by atoms with Gasteiger partial charge in [-0.15, -0.1) is 0 Å². The van der Waals surface area contributed by atoms with Gasteiger partial charge < -0.3 is 24.6 Å². The number of carbonyl (C=O) groups is 3. The third-order valence-corrected chi connectivity index (χ3v) is 6.14. The second-order valence-electron chi connectivity index (χ2n) is 9.48. The Labute approximate surface area is 194 Å². The van der Waals surface area contributed by atoms with Gasteiger partial charge in [-0.05, 0) is 26.7 Å². The van der Waals surface area contributed by atoms with E-state index < -0.39 is 35.7 Å². The minimum Gasteiger partial charge on any atom is -0.550 e. The lowest BCUT2D eigenvalue weighted by Gasteiger charge is -2.42. The predicted octanol–water partition coefficient (Wildman–Crippen LogP) is 3.72. The first-order valence-corrected chi connectivity index (χ1v) is 12.2. The first kappa shape index (κ1) is 30.1. The molecule has 2 N–H and O–H groups in total. The number of hydrogen-bond donors (Lipinski definition) is 2. The van der Waals surface area contributed by atoms with Gasteiger partial charge in [-0.2, -0.15) is 0 Å². The maximum absolute atomic E-state index is 11.5. The van der Waals surface area contributed by atoms with Crippen LogP contribution in [0, 0.1) is 17.8 Å². The van der Waals surface area contributed by atoms with E-state index in [1.165, 1.54) is 45.4 Å². The SMILES string of the molecule is CCCCCCCCC/C=C/CC[N+](CC(C)C(=O)[O-])(CC(C)C(=O)O)CC(C)C(=O)O. The highest BCUT2D eigenvalue weighted by Crippen LogP contribution is 2.21. The molecule has 32 heavy (non-hydrogen) atoms. The van der Waals surface area contributed by atoms with Crippen molar-refractivity contribution in [2.45, 2.75) is 85.5 Å². The molecule has 7 nitrogen and oxygen atoms in total. The molecule has 0 fully saturated rings. The highest BCUT2D eigenvalue weighted by Gasteiger charge is 2.36. The summed E-state index contributed by atoms with van der Waals surface area (Å²) in [5.74, 6) is -5.35. The Morgan fingerprint density at radius 3 is 1.66 bits per heavy atom. The number of unbranched alkanes of at least 4 members (excludes halogenated alkanes) is 7. The standard InChI is InChI=1S/C25H45NO6/c1-5-6-7-8-9-10-11-12-13-14-15-16-26(17-20(2)23(27)28,18-21(3)24(29)30)19-22(4)25(31)32/h13-14,20-22H,5-12,15-19H2,1-4H3,(H2-,27,28,29,30,31,32)/b14-13+. The van der Waals surface area contributed by atoms with E-state index in [-0.39, 0.29) is 24.1 Å². The summed E-state index contributed by atoms with van der Waals surface area (Å²) in [7, 11) is 0. The minimum atomic E-state index is -1.20. The number of rotatable bonds is 20. The fourth-order valence-corrected chi connectivity index (χ4v) is 4.27. The summed E-state index contributed by atoms with van der Waals surface area (Å²) in [5, 5.41) is 30.3. The van der Waals surface area contributed by atoms with Crippen molar-refractivity contribution in [3.8, 4) is 0 Å². The maximum atomic E-state index is 11.5. The van der Waals surface area contributed by atoms with E-state index >= 15 is 0 Å². The normalized spacial score (nSPS) is 16.4. The van der Waals surface area contributed by atoms with Crippen LogP contribution in [0.3, 0.4) is 0 Å². The Hall–Kier alpha value is -1.89. The van der Waals surface area contributed by atoms with Gasteiger partial charge in [0, 0.05) is 18.3 Å². The maximum Gasteiger partial charge on any atom is 0.311 e. The van der Waals surface area contributed by atoms with Crippen molar-refractivity contribution in [2.24, 2.45) is 17.8 Å². The molecular formula is C25H45NO6. The van der Waals surface area contributed by atoms with E-state index in [0.29, 0.717) is 13.0 Å². The predicted molar refractivity (Wildman–Crippen MR) is 124 cm³/mol. The van der Waals surface area contributed by atoms with Gasteiger partial charge in [0.05, 0.1) is 26.2 Å². The number of nitrogens with zero attached hydrogens (tertiary/aromatic N) is 1. The number of carboxylic acid groups (broad SMARTS) is 3. The van der Waals surface area contributed by atoms with Gasteiger partial charge in [0.2, 0.25) is 0 Å². The lowest BCUT2D eigenvalue weighted by atomic mass is 10.0. The quantitative estimate of drug-likeness (QED) is 0.164. The molecule has 0 aliphatic rings. The average molecular weight is 456 g/mol. The van der Waals surface area contributed by atoms with Crippen molar-refractivity contribution in [2.75, 3.05) is 26.2 Å². The molecule has 0 heterocycles. The Morgan fingerprint density at radius 1 is 0.750 bits per heavy atom. The largest absolute Gasteiger partial charge is 0.550 e. The number of quaternary nitrogens is 1. The molecule has 0 amide bonds. The van der Waals surface area contributed by atoms with Gasteiger partial charge >= 0.3 is 11.9 Å². The average Bonchev–Trinajstić information content (AvgIpc) is 2.71. The van der Waals surface area contributed by atoms with E-state index in [4.69, 9.17) is 0 Å². The van der Waals surface area contributed by atoms with Crippen molar-refractivity contribution in [1.29, 1.82) is 0 Å². The smallest absolute Gasteiger partial charge is 0.311 e. The molecular weight excluding hydrogens is 410 g/mol. The topological polar surface area (TPSA) is 115 Å². The molecule has 7 heteroatoms. The summed E-state index contributed by atoms with van der Waals surface area (Å²) in [6.45, 7) is 7.95. The molecule has 186 valence electrons. The molecule has 0 aliphatic carbocycles. The monoisotopic (exact) mass is 455 g/mol. The van der Waals surface area contributed by atoms with Crippen LogP contribution >= 0.6 is 0 Å². The summed E-state index contributed by atoms with van der Waals surface area (Å²) in [6.07, 6.45) is 14.6. The Balaban J connectivity index is 5.04. The number of hydrogen-bond acceptors (Lipinski definition) is 4. The molecule has 0 saturated carbocycles. The van der Waals surface area contributed by atoms with Crippen LogP contribution in [0.5, 0.6) is 0 Å². The minimum absolute atomic E-state index is 0.137. The molecule has 0 aliphatic heterocycles. The fourth-order valence-electron chi connectivity index (χ4n) is 4.27. The molecule has 0 aromatic heterocycles. The van der Waals surface area contributed by atoms with Crippen molar-refractivity contribution in [1.82, 2.24) is 0 Å². The molecule has 3 unspecified atom stereocenters. The van der Waals surface area contributed by atoms with Gasteiger partial charge in [-0.3, -0.25) is 9.59 Å². The third-order valence-electron chi connectivity index (χ3n) is 6.14. The van der Waals surface area contributed by atoms with Crippen molar-refractivity contribution < 1.29 is 34.2 Å². The molecule has 0 spiro atoms. The highest BCUT2D eigenvalue weighted by atomic mass is 16.4. The molecule has 0 radical (unpaired) electrons. The van der Waals surface area contributed by atoms with Gasteiger partial charge in [0.15, 0.2) is 0 Å². The van der Waals surface area contributed by atoms with E-state index in [9.17, 15) is 29.7 Å². The Morgan fingerprint density at radius 2 is 1.19 bits per heavy atom. The molecule has 0 saturated heterocycles. The first-order valence-electron chi connectivity index (χ1n) is 12.2. The summed E-state index contributed by atoms with van der Waals surface area (Å²) in [4.78, 5) is 34.4. The summed E-state index contributed by atoms with van der Waals surface area (Å²) < 4.78 is 0.137. The van der Waals surface area contributed by atoms with Gasteiger partial charge in [-0.1, -0.05) is 64.5 Å². The second-order valence-corrected chi connectivity index (χ2v) is 9.48. The zero-order valence-electron chi connectivity index (χ0n) is 20.6. The number of allylic oxidation sites excluding steroid dienone is 1. The third kappa shape index (κ3) is 13.5. The fraction of sp³-hybridized carbons (Fsp3) is 0.800. The molecule has 3 atom stereocenters. The van der Waals surface area contributed by atoms with Crippen molar-refractivity contribution >= 4 is 17.9 Å². The zero-order chi connectivity index (χ0) is 24.6. The van der Waals surface area contributed by atoms with Crippen LogP contribution < -0.4 is 5.11 Å². The molecule has 0 rings (SSSR count). The van der Waals surface area contributed by atoms with Gasteiger partial charge in [-0.25, -0.2) is 0 Å². The second kappa shape index (κ2) is 16.7. The van der Waals surface area contributed by atoms with Crippen LogP contribution in [-0.4, -0.2) is 58.8 Å². The number of aliphatic carboxylic acids is 3. The highest BCUT2D eigenvalue weighted by molar-refractivity contribution is 5.70. The number of carbonyl (C=O) groups excluding carboxylic acids is 1. The summed E-state index contributed by atoms with van der Waals surface area (Å²) in [6, 6.07) is 0. The molecule has 0 aromatic carbocycles. The van der Waals surface area contributed by atoms with Crippen LogP contribution in [0.4, 0.5) is 0 Å². The Kier molecular flexibility index (Phi) is 15.7. The van der Waals surface area contributed by atoms with E-state index in [1.807, 2.05) is 0 Å². The molecule has 0 aromatic rings. The first-order chi connectivity index (χ1) is 15.0. The van der Waals surface area contributed by atoms with E-state index in [1.54, 1.807) is 13.8 Å².